The van der Waals surface area contributed by atoms with Gasteiger partial charge < -0.3 is 5.11 Å². The van der Waals surface area contributed by atoms with Crippen LogP contribution in [0.1, 0.15) is 42.4 Å². The molecule has 0 aliphatic carbocycles. The van der Waals surface area contributed by atoms with Crippen LogP contribution in [-0.2, 0) is 0 Å². The van der Waals surface area contributed by atoms with Gasteiger partial charge in [-0.3, -0.25) is 4.68 Å². The van der Waals surface area contributed by atoms with Gasteiger partial charge in [0.15, 0.2) is 0 Å². The summed E-state index contributed by atoms with van der Waals surface area (Å²) in [7, 11) is 0. The molecule has 4 nitrogen and oxygen atoms in total. The molecule has 1 rings (SSSR count). The molecule has 0 aromatic carbocycles. The second-order valence-electron chi connectivity index (χ2n) is 3.15. The van der Waals surface area contributed by atoms with Crippen LogP contribution in [0.25, 0.3) is 0 Å². The van der Waals surface area contributed by atoms with Crippen molar-refractivity contribution >= 4 is 5.97 Å². The number of carboxylic acids is 1. The van der Waals surface area contributed by atoms with Crippen LogP contribution in [0.2, 0.25) is 0 Å². The van der Waals surface area contributed by atoms with Gasteiger partial charge in [-0.15, -0.1) is 0 Å². The normalized spacial score (nSPS) is 12.8. The molecular formula is C9H14N2O2. The molecule has 0 aliphatic heterocycles. The summed E-state index contributed by atoms with van der Waals surface area (Å²) in [6.45, 7) is 5.85. The lowest BCUT2D eigenvalue weighted by Crippen LogP contribution is -2.08. The minimum Gasteiger partial charge on any atom is -0.478 e. The number of rotatable bonds is 3. The third-order valence-electron chi connectivity index (χ3n) is 2.28. The van der Waals surface area contributed by atoms with E-state index in [0.29, 0.717) is 5.56 Å². The van der Waals surface area contributed by atoms with Gasteiger partial charge in [0.05, 0.1) is 11.9 Å². The summed E-state index contributed by atoms with van der Waals surface area (Å²) in [5.41, 5.74) is 1.02. The van der Waals surface area contributed by atoms with E-state index in [0.717, 1.165) is 12.1 Å². The predicted octanol–water partition coefficient (Wildman–Crippen LogP) is 1.86. The van der Waals surface area contributed by atoms with Crippen LogP contribution in [0.5, 0.6) is 0 Å². The molecule has 1 aromatic rings. The van der Waals surface area contributed by atoms with Crippen molar-refractivity contribution in [2.45, 2.75) is 33.2 Å². The van der Waals surface area contributed by atoms with Crippen molar-refractivity contribution in [3.8, 4) is 0 Å². The molecule has 0 radical (unpaired) electrons. The Morgan fingerprint density at radius 1 is 1.77 bits per heavy atom. The lowest BCUT2D eigenvalue weighted by atomic mass is 10.2. The summed E-state index contributed by atoms with van der Waals surface area (Å²) in [4.78, 5) is 10.7. The lowest BCUT2D eigenvalue weighted by molar-refractivity contribution is 0.0696. The van der Waals surface area contributed by atoms with E-state index in [2.05, 4.69) is 5.10 Å². The third kappa shape index (κ3) is 1.71. The fourth-order valence-electron chi connectivity index (χ4n) is 1.25. The largest absolute Gasteiger partial charge is 0.478 e. The SMILES string of the molecule is CCC(C)n1ncc(C(=O)O)c1C. The van der Waals surface area contributed by atoms with Gasteiger partial charge in [0.1, 0.15) is 5.56 Å². The summed E-state index contributed by atoms with van der Waals surface area (Å²) >= 11 is 0. The molecule has 4 heteroatoms. The summed E-state index contributed by atoms with van der Waals surface area (Å²) in [5.74, 6) is -0.910. The Kier molecular flexibility index (Phi) is 2.70. The van der Waals surface area contributed by atoms with Crippen LogP contribution in [0, 0.1) is 6.92 Å². The van der Waals surface area contributed by atoms with Crippen molar-refractivity contribution < 1.29 is 9.90 Å². The minimum absolute atomic E-state index is 0.257. The van der Waals surface area contributed by atoms with Crippen LogP contribution >= 0.6 is 0 Å². The minimum atomic E-state index is -0.910. The molecule has 0 spiro atoms. The quantitative estimate of drug-likeness (QED) is 0.776. The molecule has 13 heavy (non-hydrogen) atoms. The first-order valence-corrected chi connectivity index (χ1v) is 4.35. The van der Waals surface area contributed by atoms with E-state index in [1.54, 1.807) is 11.6 Å². The Labute approximate surface area is 77.2 Å². The molecule has 0 saturated carbocycles. The van der Waals surface area contributed by atoms with E-state index < -0.39 is 5.97 Å². The zero-order chi connectivity index (χ0) is 10.0. The number of hydrogen-bond donors (Lipinski definition) is 1. The number of nitrogens with zero attached hydrogens (tertiary/aromatic N) is 2. The second-order valence-corrected chi connectivity index (χ2v) is 3.15. The Hall–Kier alpha value is -1.32. The smallest absolute Gasteiger partial charge is 0.339 e. The highest BCUT2D eigenvalue weighted by Gasteiger charge is 2.14. The molecule has 72 valence electrons. The van der Waals surface area contributed by atoms with Crippen molar-refractivity contribution in [3.05, 3.63) is 17.5 Å². The third-order valence-corrected chi connectivity index (χ3v) is 2.28. The highest BCUT2D eigenvalue weighted by atomic mass is 16.4. The standard InChI is InChI=1S/C9H14N2O2/c1-4-6(2)11-7(3)8(5-10-11)9(12)13/h5-6H,4H2,1-3H3,(H,12,13). The van der Waals surface area contributed by atoms with Gasteiger partial charge in [-0.1, -0.05) is 6.92 Å². The molecule has 1 aromatic heterocycles. The van der Waals surface area contributed by atoms with Gasteiger partial charge in [-0.2, -0.15) is 5.10 Å². The number of hydrogen-bond acceptors (Lipinski definition) is 2. The molecular weight excluding hydrogens is 168 g/mol. The summed E-state index contributed by atoms with van der Waals surface area (Å²) in [6, 6.07) is 0.257. The number of aromatic nitrogens is 2. The van der Waals surface area contributed by atoms with E-state index >= 15 is 0 Å². The molecule has 0 aliphatic rings. The van der Waals surface area contributed by atoms with Crippen molar-refractivity contribution in [3.63, 3.8) is 0 Å². The topological polar surface area (TPSA) is 55.1 Å². The Morgan fingerprint density at radius 2 is 2.38 bits per heavy atom. The van der Waals surface area contributed by atoms with Crippen molar-refractivity contribution in [2.24, 2.45) is 0 Å². The molecule has 0 amide bonds. The van der Waals surface area contributed by atoms with Crippen LogP contribution in [0.4, 0.5) is 0 Å². The van der Waals surface area contributed by atoms with Crippen LogP contribution in [0.3, 0.4) is 0 Å². The monoisotopic (exact) mass is 182 g/mol. The van der Waals surface area contributed by atoms with Gasteiger partial charge in [0.25, 0.3) is 0 Å². The molecule has 1 atom stereocenters. The van der Waals surface area contributed by atoms with E-state index in [4.69, 9.17) is 5.11 Å². The van der Waals surface area contributed by atoms with Crippen LogP contribution in [-0.4, -0.2) is 20.9 Å². The van der Waals surface area contributed by atoms with Gasteiger partial charge in [-0.25, -0.2) is 4.79 Å². The second kappa shape index (κ2) is 3.60. The number of aromatic carboxylic acids is 1. The molecule has 1 N–H and O–H groups in total. The predicted molar refractivity (Wildman–Crippen MR) is 48.9 cm³/mol. The van der Waals surface area contributed by atoms with E-state index in [1.165, 1.54) is 6.20 Å². The number of carboxylic acid groups (broad SMARTS) is 1. The van der Waals surface area contributed by atoms with Crippen LogP contribution in [0.15, 0.2) is 6.20 Å². The maximum absolute atomic E-state index is 10.7. The van der Waals surface area contributed by atoms with E-state index in [1.807, 2.05) is 13.8 Å². The van der Waals surface area contributed by atoms with Crippen molar-refractivity contribution in [1.82, 2.24) is 9.78 Å². The number of carbonyl (C=O) groups is 1. The van der Waals surface area contributed by atoms with Gasteiger partial charge >= 0.3 is 5.97 Å². The molecule has 1 unspecified atom stereocenters. The fraction of sp³-hybridized carbons (Fsp3) is 0.556. The zero-order valence-electron chi connectivity index (χ0n) is 8.11. The lowest BCUT2D eigenvalue weighted by Gasteiger charge is -2.11. The van der Waals surface area contributed by atoms with E-state index in [-0.39, 0.29) is 6.04 Å². The summed E-state index contributed by atoms with van der Waals surface area (Å²) in [6.07, 6.45) is 2.35. The van der Waals surface area contributed by atoms with Crippen LogP contribution < -0.4 is 0 Å². The van der Waals surface area contributed by atoms with Crippen molar-refractivity contribution in [2.75, 3.05) is 0 Å². The molecule has 0 bridgehead atoms. The van der Waals surface area contributed by atoms with Gasteiger partial charge in [0.2, 0.25) is 0 Å². The Morgan fingerprint density at radius 3 is 2.77 bits per heavy atom. The molecule has 1 heterocycles. The van der Waals surface area contributed by atoms with Gasteiger partial charge in [0, 0.05) is 6.04 Å². The first kappa shape index (κ1) is 9.77. The van der Waals surface area contributed by atoms with Gasteiger partial charge in [-0.05, 0) is 20.3 Å². The molecule has 0 fully saturated rings. The summed E-state index contributed by atoms with van der Waals surface area (Å²) < 4.78 is 1.75. The average Bonchev–Trinajstić information content (AvgIpc) is 2.46. The fourth-order valence-corrected chi connectivity index (χ4v) is 1.25. The Balaban J connectivity index is 3.06. The van der Waals surface area contributed by atoms with E-state index in [9.17, 15) is 4.79 Å². The highest BCUT2D eigenvalue weighted by Crippen LogP contribution is 2.15. The summed E-state index contributed by atoms with van der Waals surface area (Å²) in [5, 5.41) is 12.8. The Bertz CT molecular complexity index is 317. The maximum atomic E-state index is 10.7. The first-order valence-electron chi connectivity index (χ1n) is 4.35. The average molecular weight is 182 g/mol. The highest BCUT2D eigenvalue weighted by molar-refractivity contribution is 5.88. The zero-order valence-corrected chi connectivity index (χ0v) is 8.11. The molecule has 0 saturated heterocycles. The first-order chi connectivity index (χ1) is 6.07. The van der Waals surface area contributed by atoms with Crippen molar-refractivity contribution in [1.29, 1.82) is 0 Å². The maximum Gasteiger partial charge on any atom is 0.339 e.